The second-order valence-corrected chi connectivity index (χ2v) is 1.08. The van der Waals surface area contributed by atoms with Crippen LogP contribution in [0.4, 0.5) is 0 Å². The summed E-state index contributed by atoms with van der Waals surface area (Å²) in [6, 6.07) is 0. The van der Waals surface area contributed by atoms with Gasteiger partial charge in [-0.25, -0.2) is 0 Å². The van der Waals surface area contributed by atoms with Crippen molar-refractivity contribution in [3.8, 4) is 0 Å². The molecule has 3 nitrogen and oxygen atoms in total. The highest BCUT2D eigenvalue weighted by atomic mass is 16.5. The predicted molar refractivity (Wildman–Crippen MR) is 31.0 cm³/mol. The summed E-state index contributed by atoms with van der Waals surface area (Å²) in [5.74, 6) is 0.160. The third-order valence-corrected chi connectivity index (χ3v) is 0.565. The average molecular weight is 115 g/mol. The Morgan fingerprint density at radius 2 is 2.62 bits per heavy atom. The van der Waals surface area contributed by atoms with E-state index < -0.39 is 0 Å². The minimum absolute atomic E-state index is 0.160. The molecule has 0 aromatic carbocycles. The fourth-order valence-electron chi connectivity index (χ4n) is 0.277. The Bertz CT molecular complexity index is 98.6. The molecule has 0 unspecified atom stereocenters. The summed E-state index contributed by atoms with van der Waals surface area (Å²) in [4.78, 5) is 0. The maximum Gasteiger partial charge on any atom is 0.249 e. The van der Waals surface area contributed by atoms with Crippen LogP contribution in [0.15, 0.2) is 17.8 Å². The average Bonchev–Trinajstić information content (AvgIpc) is 1.83. The van der Waals surface area contributed by atoms with Gasteiger partial charge in [-0.3, -0.25) is 0 Å². The summed E-state index contributed by atoms with van der Waals surface area (Å²) >= 11 is 0. The fraction of sp³-hybridized carbons (Fsp3) is 0.400. The van der Waals surface area contributed by atoms with Crippen molar-refractivity contribution in [1.29, 1.82) is 0 Å². The van der Waals surface area contributed by atoms with E-state index in [4.69, 9.17) is 9.94 Å². The van der Waals surface area contributed by atoms with Gasteiger partial charge in [0, 0.05) is 0 Å². The van der Waals surface area contributed by atoms with Gasteiger partial charge in [-0.05, 0) is 18.2 Å². The van der Waals surface area contributed by atoms with E-state index in [9.17, 15) is 0 Å². The summed E-state index contributed by atoms with van der Waals surface area (Å²) in [5, 5.41) is 10.8. The van der Waals surface area contributed by atoms with Crippen LogP contribution in [0.3, 0.4) is 0 Å². The van der Waals surface area contributed by atoms with Gasteiger partial charge in [-0.2, -0.15) is 0 Å². The molecule has 1 N–H and O–H groups in total. The van der Waals surface area contributed by atoms with Crippen molar-refractivity contribution >= 4 is 5.90 Å². The molecule has 0 amide bonds. The van der Waals surface area contributed by atoms with Gasteiger partial charge >= 0.3 is 0 Å². The first-order chi connectivity index (χ1) is 3.85. The Morgan fingerprint density at radius 3 is 2.75 bits per heavy atom. The zero-order valence-corrected chi connectivity index (χ0v) is 4.79. The standard InChI is InChI=1S/C5H9NO2/c1-3-5(6-7)8-4-2/h3,7H,1,4H2,2H3. The van der Waals surface area contributed by atoms with Crippen LogP contribution >= 0.6 is 0 Å². The summed E-state index contributed by atoms with van der Waals surface area (Å²) < 4.78 is 4.72. The van der Waals surface area contributed by atoms with Crippen molar-refractivity contribution in [1.82, 2.24) is 0 Å². The number of ether oxygens (including phenoxy) is 1. The molecule has 46 valence electrons. The highest BCUT2D eigenvalue weighted by molar-refractivity contribution is 5.86. The van der Waals surface area contributed by atoms with Gasteiger partial charge in [0.25, 0.3) is 0 Å². The molecule has 0 rings (SSSR count). The Morgan fingerprint density at radius 1 is 2.00 bits per heavy atom. The second kappa shape index (κ2) is 4.18. The van der Waals surface area contributed by atoms with Crippen LogP contribution in [0, 0.1) is 0 Å². The Kier molecular flexibility index (Phi) is 3.66. The maximum atomic E-state index is 8.05. The van der Waals surface area contributed by atoms with Crippen LogP contribution in [0.2, 0.25) is 0 Å². The summed E-state index contributed by atoms with van der Waals surface area (Å²) in [7, 11) is 0. The van der Waals surface area contributed by atoms with Crippen molar-refractivity contribution < 1.29 is 9.94 Å². The van der Waals surface area contributed by atoms with Gasteiger partial charge in [0.05, 0.1) is 6.61 Å². The van der Waals surface area contributed by atoms with E-state index in [-0.39, 0.29) is 5.90 Å². The van der Waals surface area contributed by atoms with E-state index >= 15 is 0 Å². The lowest BCUT2D eigenvalue weighted by molar-refractivity contribution is 0.267. The normalized spacial score (nSPS) is 10.9. The quantitative estimate of drug-likeness (QED) is 0.252. The van der Waals surface area contributed by atoms with Crippen molar-refractivity contribution in [3.63, 3.8) is 0 Å². The zero-order valence-electron chi connectivity index (χ0n) is 4.79. The van der Waals surface area contributed by atoms with Gasteiger partial charge in [0.1, 0.15) is 0 Å². The smallest absolute Gasteiger partial charge is 0.249 e. The van der Waals surface area contributed by atoms with E-state index in [1.165, 1.54) is 6.08 Å². The zero-order chi connectivity index (χ0) is 6.41. The molecule has 0 aliphatic carbocycles. The molecule has 3 heteroatoms. The van der Waals surface area contributed by atoms with Crippen LogP contribution < -0.4 is 0 Å². The SMILES string of the molecule is C=CC(=NO)OCC. The lowest BCUT2D eigenvalue weighted by atomic mass is 10.6. The van der Waals surface area contributed by atoms with Crippen molar-refractivity contribution in [3.05, 3.63) is 12.7 Å². The van der Waals surface area contributed by atoms with E-state index in [1.807, 2.05) is 0 Å². The molecule has 0 aliphatic heterocycles. The molecule has 0 aromatic rings. The maximum absolute atomic E-state index is 8.05. The predicted octanol–water partition coefficient (Wildman–Crippen LogP) is 0.997. The number of hydrogen-bond acceptors (Lipinski definition) is 3. The Hall–Kier alpha value is -0.990. The highest BCUT2D eigenvalue weighted by Crippen LogP contribution is 1.80. The van der Waals surface area contributed by atoms with Crippen molar-refractivity contribution in [2.45, 2.75) is 6.92 Å². The van der Waals surface area contributed by atoms with Gasteiger partial charge in [0.2, 0.25) is 5.90 Å². The number of hydrogen-bond donors (Lipinski definition) is 1. The van der Waals surface area contributed by atoms with E-state index in [0.717, 1.165) is 0 Å². The monoisotopic (exact) mass is 115 g/mol. The molecule has 0 bridgehead atoms. The van der Waals surface area contributed by atoms with Gasteiger partial charge < -0.3 is 9.94 Å². The Balaban J connectivity index is 3.54. The molecule has 0 spiro atoms. The summed E-state index contributed by atoms with van der Waals surface area (Å²) in [5.41, 5.74) is 0. The third kappa shape index (κ3) is 2.23. The van der Waals surface area contributed by atoms with Crippen LogP contribution in [-0.2, 0) is 4.74 Å². The second-order valence-electron chi connectivity index (χ2n) is 1.08. The van der Waals surface area contributed by atoms with Crippen LogP contribution in [0.5, 0.6) is 0 Å². The molecule has 0 atom stereocenters. The van der Waals surface area contributed by atoms with Crippen molar-refractivity contribution in [2.24, 2.45) is 5.16 Å². The molecule has 0 fully saturated rings. The van der Waals surface area contributed by atoms with Crippen LogP contribution in [0.25, 0.3) is 0 Å². The first kappa shape index (κ1) is 7.01. The summed E-state index contributed by atoms with van der Waals surface area (Å²) in [6.07, 6.45) is 1.34. The minimum atomic E-state index is 0.160. The minimum Gasteiger partial charge on any atom is -0.476 e. The van der Waals surface area contributed by atoms with E-state index in [1.54, 1.807) is 6.92 Å². The number of nitrogens with zero attached hydrogens (tertiary/aromatic N) is 1. The van der Waals surface area contributed by atoms with Gasteiger partial charge in [-0.1, -0.05) is 6.58 Å². The van der Waals surface area contributed by atoms with Crippen LogP contribution in [-0.4, -0.2) is 17.7 Å². The first-order valence-corrected chi connectivity index (χ1v) is 2.32. The molecule has 8 heavy (non-hydrogen) atoms. The van der Waals surface area contributed by atoms with Gasteiger partial charge in [0.15, 0.2) is 0 Å². The van der Waals surface area contributed by atoms with Crippen molar-refractivity contribution in [2.75, 3.05) is 6.61 Å². The lowest BCUT2D eigenvalue weighted by Gasteiger charge is -1.95. The van der Waals surface area contributed by atoms with Crippen LogP contribution in [0.1, 0.15) is 6.92 Å². The third-order valence-electron chi connectivity index (χ3n) is 0.565. The fourth-order valence-corrected chi connectivity index (χ4v) is 0.277. The molecule has 0 aromatic heterocycles. The summed E-state index contributed by atoms with van der Waals surface area (Å²) in [6.45, 7) is 5.63. The molecular weight excluding hydrogens is 106 g/mol. The molecule has 0 radical (unpaired) electrons. The lowest BCUT2D eigenvalue weighted by Crippen LogP contribution is -1.98. The number of rotatable bonds is 2. The number of oxime groups is 1. The van der Waals surface area contributed by atoms with Gasteiger partial charge in [-0.15, -0.1) is 0 Å². The topological polar surface area (TPSA) is 41.8 Å². The molecule has 0 saturated heterocycles. The first-order valence-electron chi connectivity index (χ1n) is 2.32. The molecule has 0 heterocycles. The van der Waals surface area contributed by atoms with E-state index in [2.05, 4.69) is 11.7 Å². The largest absolute Gasteiger partial charge is 0.476 e. The molecular formula is C5H9NO2. The van der Waals surface area contributed by atoms with E-state index in [0.29, 0.717) is 6.61 Å². The highest BCUT2D eigenvalue weighted by Gasteiger charge is 1.87. The molecule has 0 aliphatic rings. The molecule has 0 saturated carbocycles. The Labute approximate surface area is 48.3 Å².